The molecule has 0 aliphatic rings. The van der Waals surface area contributed by atoms with Gasteiger partial charge in [0.2, 0.25) is 0 Å². The molecule has 1 atom stereocenters. The minimum absolute atomic E-state index is 0. The Labute approximate surface area is 185 Å². The maximum Gasteiger partial charge on any atom is 0.416 e. The molecule has 2 aromatic rings. The van der Waals surface area contributed by atoms with Gasteiger partial charge in [0.15, 0.2) is 5.96 Å². The molecule has 9 heteroatoms. The van der Waals surface area contributed by atoms with Gasteiger partial charge in [-0.15, -0.1) is 24.0 Å². The molecule has 29 heavy (non-hydrogen) atoms. The summed E-state index contributed by atoms with van der Waals surface area (Å²) in [5.74, 6) is 1.30. The summed E-state index contributed by atoms with van der Waals surface area (Å²) in [6, 6.07) is 10.6. The summed E-state index contributed by atoms with van der Waals surface area (Å²) in [6.45, 7) is 2.22. The monoisotopic (exact) mass is 523 g/mol. The number of guanidine groups is 1. The van der Waals surface area contributed by atoms with Crippen molar-refractivity contribution in [3.8, 4) is 11.5 Å². The second-order valence-electron chi connectivity index (χ2n) is 6.27. The Hall–Kier alpha value is -2.17. The molecule has 0 radical (unpaired) electrons. The number of hydrogen-bond acceptors (Lipinski definition) is 3. The summed E-state index contributed by atoms with van der Waals surface area (Å²) in [6.07, 6.45) is -3.79. The summed E-state index contributed by atoms with van der Waals surface area (Å²) < 4.78 is 49.0. The fraction of sp³-hybridized carbons (Fsp3) is 0.350. The number of halogens is 4. The summed E-state index contributed by atoms with van der Waals surface area (Å²) >= 11 is 0. The van der Waals surface area contributed by atoms with Crippen LogP contribution in [0.5, 0.6) is 11.5 Å². The number of aliphatic imine (C=N–C) groups is 1. The van der Waals surface area contributed by atoms with Crippen molar-refractivity contribution in [2.45, 2.75) is 25.4 Å². The molecule has 0 heterocycles. The van der Waals surface area contributed by atoms with E-state index in [4.69, 9.17) is 15.2 Å². The predicted molar refractivity (Wildman–Crippen MR) is 120 cm³/mol. The molecule has 2 aromatic carbocycles. The number of nitrogens with two attached hydrogens (primary N) is 1. The first-order chi connectivity index (χ1) is 13.2. The van der Waals surface area contributed by atoms with E-state index in [1.807, 2.05) is 6.92 Å². The van der Waals surface area contributed by atoms with Crippen LogP contribution in [0.25, 0.3) is 0 Å². The van der Waals surface area contributed by atoms with Crippen LogP contribution in [0.4, 0.5) is 18.9 Å². The van der Waals surface area contributed by atoms with E-state index >= 15 is 0 Å². The van der Waals surface area contributed by atoms with E-state index in [9.17, 15) is 13.2 Å². The molecule has 0 spiro atoms. The lowest BCUT2D eigenvalue weighted by atomic mass is 9.96. The van der Waals surface area contributed by atoms with Gasteiger partial charge in [0.1, 0.15) is 11.5 Å². The summed E-state index contributed by atoms with van der Waals surface area (Å²) in [5.41, 5.74) is 6.50. The fourth-order valence-corrected chi connectivity index (χ4v) is 2.66. The maximum atomic E-state index is 12.8. The molecule has 2 rings (SSSR count). The van der Waals surface area contributed by atoms with Crippen LogP contribution >= 0.6 is 24.0 Å². The zero-order chi connectivity index (χ0) is 20.7. The van der Waals surface area contributed by atoms with E-state index in [1.54, 1.807) is 31.4 Å². The number of benzene rings is 2. The lowest BCUT2D eigenvalue weighted by Crippen LogP contribution is -2.23. The van der Waals surface area contributed by atoms with Gasteiger partial charge in [-0.2, -0.15) is 13.2 Å². The molecule has 0 aliphatic heterocycles. The normalized spacial score (nSPS) is 12.7. The standard InChI is InChI=1S/C20H24F3N3O2.HI/c1-13(14-5-4-6-15(11-14)20(21,22)23)9-10-25-19(24)26-17-12-16(27-2)7-8-18(17)28-3;/h4-8,11-13H,9-10H2,1-3H3,(H3,24,25,26);1H. The molecular weight excluding hydrogens is 498 g/mol. The average Bonchev–Trinajstić information content (AvgIpc) is 2.67. The molecule has 0 saturated carbocycles. The fourth-order valence-electron chi connectivity index (χ4n) is 2.66. The number of ether oxygens (including phenoxy) is 2. The van der Waals surface area contributed by atoms with Crippen LogP contribution in [0.2, 0.25) is 0 Å². The Bertz CT molecular complexity index is 829. The van der Waals surface area contributed by atoms with Crippen molar-refractivity contribution in [3.63, 3.8) is 0 Å². The van der Waals surface area contributed by atoms with Gasteiger partial charge in [-0.05, 0) is 36.1 Å². The van der Waals surface area contributed by atoms with Crippen LogP contribution < -0.4 is 20.5 Å². The van der Waals surface area contributed by atoms with Gasteiger partial charge in [-0.25, -0.2) is 0 Å². The van der Waals surface area contributed by atoms with Crippen molar-refractivity contribution in [2.24, 2.45) is 10.7 Å². The second-order valence-corrected chi connectivity index (χ2v) is 6.27. The summed E-state index contributed by atoms with van der Waals surface area (Å²) in [7, 11) is 3.09. The summed E-state index contributed by atoms with van der Waals surface area (Å²) in [5, 5.41) is 2.95. The van der Waals surface area contributed by atoms with E-state index in [0.29, 0.717) is 35.7 Å². The molecule has 0 amide bonds. The molecular formula is C20H25F3IN3O2. The quantitative estimate of drug-likeness (QED) is 0.295. The van der Waals surface area contributed by atoms with Crippen LogP contribution in [0, 0.1) is 0 Å². The van der Waals surface area contributed by atoms with Gasteiger partial charge in [0, 0.05) is 12.6 Å². The Morgan fingerprint density at radius 3 is 2.48 bits per heavy atom. The Kier molecular flexibility index (Phi) is 9.54. The van der Waals surface area contributed by atoms with Crippen molar-refractivity contribution in [1.82, 2.24) is 0 Å². The highest BCUT2D eigenvalue weighted by Crippen LogP contribution is 2.32. The number of rotatable bonds is 7. The number of hydrogen-bond donors (Lipinski definition) is 2. The number of alkyl halides is 3. The highest BCUT2D eigenvalue weighted by molar-refractivity contribution is 14.0. The topological polar surface area (TPSA) is 68.9 Å². The second kappa shape index (κ2) is 11.1. The van der Waals surface area contributed by atoms with Crippen LogP contribution in [-0.4, -0.2) is 26.7 Å². The molecule has 0 aromatic heterocycles. The van der Waals surface area contributed by atoms with Crippen LogP contribution in [-0.2, 0) is 6.18 Å². The molecule has 0 bridgehead atoms. The van der Waals surface area contributed by atoms with Gasteiger partial charge >= 0.3 is 6.18 Å². The van der Waals surface area contributed by atoms with Crippen molar-refractivity contribution in [3.05, 3.63) is 53.6 Å². The van der Waals surface area contributed by atoms with E-state index in [2.05, 4.69) is 10.3 Å². The number of methoxy groups -OCH3 is 2. The van der Waals surface area contributed by atoms with Crippen molar-refractivity contribution < 1.29 is 22.6 Å². The van der Waals surface area contributed by atoms with Crippen molar-refractivity contribution in [1.29, 1.82) is 0 Å². The smallest absolute Gasteiger partial charge is 0.416 e. The minimum Gasteiger partial charge on any atom is -0.497 e. The van der Waals surface area contributed by atoms with Gasteiger partial charge in [-0.1, -0.05) is 25.1 Å². The molecule has 160 valence electrons. The Morgan fingerprint density at radius 2 is 1.86 bits per heavy atom. The van der Waals surface area contributed by atoms with Crippen molar-refractivity contribution in [2.75, 3.05) is 26.1 Å². The van der Waals surface area contributed by atoms with Gasteiger partial charge in [0.25, 0.3) is 0 Å². The van der Waals surface area contributed by atoms with Crippen LogP contribution in [0.15, 0.2) is 47.5 Å². The zero-order valence-electron chi connectivity index (χ0n) is 16.4. The van der Waals surface area contributed by atoms with Crippen LogP contribution in [0.1, 0.15) is 30.4 Å². The third-order valence-electron chi connectivity index (χ3n) is 4.30. The number of nitrogens with one attached hydrogen (secondary N) is 1. The first kappa shape index (κ1) is 24.9. The molecule has 1 unspecified atom stereocenters. The van der Waals surface area contributed by atoms with Crippen molar-refractivity contribution >= 4 is 35.6 Å². The van der Waals surface area contributed by atoms with E-state index in [-0.39, 0.29) is 35.9 Å². The zero-order valence-corrected chi connectivity index (χ0v) is 18.7. The highest BCUT2D eigenvalue weighted by atomic mass is 127. The molecule has 0 saturated heterocycles. The molecule has 3 N–H and O–H groups in total. The lowest BCUT2D eigenvalue weighted by molar-refractivity contribution is -0.137. The van der Waals surface area contributed by atoms with Gasteiger partial charge in [0.05, 0.1) is 25.5 Å². The Morgan fingerprint density at radius 1 is 1.14 bits per heavy atom. The summed E-state index contributed by atoms with van der Waals surface area (Å²) in [4.78, 5) is 4.25. The molecule has 5 nitrogen and oxygen atoms in total. The lowest BCUT2D eigenvalue weighted by Gasteiger charge is -2.14. The van der Waals surface area contributed by atoms with E-state index in [0.717, 1.165) is 6.07 Å². The Balaban J connectivity index is 0.00000420. The number of nitrogens with zero attached hydrogens (tertiary/aromatic N) is 1. The van der Waals surface area contributed by atoms with Gasteiger partial charge in [-0.3, -0.25) is 4.99 Å². The SMILES string of the molecule is COc1ccc(OC)c(NC(N)=NCCC(C)c2cccc(C(F)(F)F)c2)c1.I. The van der Waals surface area contributed by atoms with E-state index in [1.165, 1.54) is 19.2 Å². The first-order valence-corrected chi connectivity index (χ1v) is 8.70. The third-order valence-corrected chi connectivity index (χ3v) is 4.30. The number of anilines is 1. The minimum atomic E-state index is -4.35. The highest BCUT2D eigenvalue weighted by Gasteiger charge is 2.30. The molecule has 0 fully saturated rings. The largest absolute Gasteiger partial charge is 0.497 e. The van der Waals surface area contributed by atoms with Crippen LogP contribution in [0.3, 0.4) is 0 Å². The molecule has 0 aliphatic carbocycles. The van der Waals surface area contributed by atoms with E-state index < -0.39 is 11.7 Å². The average molecular weight is 523 g/mol. The third kappa shape index (κ3) is 7.30. The first-order valence-electron chi connectivity index (χ1n) is 8.70. The maximum absolute atomic E-state index is 12.8. The van der Waals surface area contributed by atoms with Gasteiger partial charge < -0.3 is 20.5 Å². The predicted octanol–water partition coefficient (Wildman–Crippen LogP) is 5.26.